The normalized spacial score (nSPS) is 32.2. The highest BCUT2D eigenvalue weighted by Crippen LogP contribution is 2.57. The molecule has 0 unspecified atom stereocenters. The second kappa shape index (κ2) is 14.3. The Morgan fingerprint density at radius 2 is 1.68 bits per heavy atom. The SMILES string of the molecule is CC(C)C[C@H](CO)N1C(=O)[C@H]2[C@@H]3C(=O)O[C@H](c4ccccc4)[C@@H](C)N(C)C(=O)CC/C=C\CN(C(C)(C)CC(C)(C)C)C(=O)[C@H]1[C@@]21C=C[C@@H]3O1. The molecule has 4 heterocycles. The van der Waals surface area contributed by atoms with Gasteiger partial charge in [-0.25, -0.2) is 0 Å². The minimum absolute atomic E-state index is 0.0975. The number of cyclic esters (lactones) is 1. The van der Waals surface area contributed by atoms with Crippen LogP contribution >= 0.6 is 0 Å². The van der Waals surface area contributed by atoms with E-state index in [0.717, 1.165) is 5.56 Å². The lowest BCUT2D eigenvalue weighted by Crippen LogP contribution is -2.62. The number of nitrogens with zero attached hydrogens (tertiary/aromatic N) is 3. The molecule has 2 fully saturated rings. The molecule has 1 spiro atoms. The van der Waals surface area contributed by atoms with Gasteiger partial charge in [-0.05, 0) is 56.9 Å². The quantitative estimate of drug-likeness (QED) is 0.314. The third-order valence-electron chi connectivity index (χ3n) is 10.9. The molecule has 0 aliphatic carbocycles. The standard InChI is InChI=1S/C40H57N3O7/c1-25(2)22-28(23-44)43-34-36(47)42(39(7,8)24-38(4,5)6)21-15-11-14-18-30(45)41(9)26(3)33(27-16-12-10-13-17-27)49-37(48)31-29-19-20-40(34,50-29)32(31)35(43)46/h10-13,15-17,19-20,25-26,28-29,31-34,44H,14,18,21-24H2,1-9H3/b15-11-/t26-,28-,29+,31-,32-,33+,34+,40-/m1/s1. The fraction of sp³-hybridized carbons (Fsp3) is 0.650. The summed E-state index contributed by atoms with van der Waals surface area (Å²) in [5, 5.41) is 10.8. The number of aliphatic hydroxyl groups is 1. The Morgan fingerprint density at radius 3 is 2.30 bits per heavy atom. The van der Waals surface area contributed by atoms with Gasteiger partial charge in [-0.15, -0.1) is 0 Å². The number of likely N-dealkylation sites (N-methyl/N-ethyl adjacent to an activating group) is 1. The van der Waals surface area contributed by atoms with Crippen LogP contribution in [0.3, 0.4) is 0 Å². The molecule has 10 nitrogen and oxygen atoms in total. The molecule has 0 radical (unpaired) electrons. The number of esters is 1. The molecule has 5 rings (SSSR count). The van der Waals surface area contributed by atoms with Crippen LogP contribution in [0.5, 0.6) is 0 Å². The summed E-state index contributed by atoms with van der Waals surface area (Å²) in [6.07, 6.45) is 7.71. The van der Waals surface area contributed by atoms with Crippen LogP contribution in [0.1, 0.15) is 92.7 Å². The zero-order valence-electron chi connectivity index (χ0n) is 31.3. The van der Waals surface area contributed by atoms with E-state index in [2.05, 4.69) is 20.8 Å². The number of fused-ring (bicyclic) bond motifs is 2. The summed E-state index contributed by atoms with van der Waals surface area (Å²) in [5.41, 5.74) is -1.47. The van der Waals surface area contributed by atoms with Crippen LogP contribution in [0.2, 0.25) is 0 Å². The van der Waals surface area contributed by atoms with Gasteiger partial charge < -0.3 is 29.3 Å². The van der Waals surface area contributed by atoms with E-state index in [0.29, 0.717) is 19.3 Å². The van der Waals surface area contributed by atoms with Crippen LogP contribution in [-0.4, -0.2) is 99.1 Å². The van der Waals surface area contributed by atoms with E-state index in [-0.39, 0.29) is 42.7 Å². The van der Waals surface area contributed by atoms with Crippen LogP contribution in [-0.2, 0) is 28.7 Å². The third-order valence-corrected chi connectivity index (χ3v) is 10.9. The van der Waals surface area contributed by atoms with Crippen molar-refractivity contribution in [1.82, 2.24) is 14.7 Å². The van der Waals surface area contributed by atoms with Crippen molar-refractivity contribution in [1.29, 1.82) is 0 Å². The van der Waals surface area contributed by atoms with Gasteiger partial charge in [0.15, 0.2) is 0 Å². The van der Waals surface area contributed by atoms with Gasteiger partial charge >= 0.3 is 5.97 Å². The van der Waals surface area contributed by atoms with Crippen molar-refractivity contribution in [3.63, 3.8) is 0 Å². The van der Waals surface area contributed by atoms with Crippen LogP contribution < -0.4 is 0 Å². The number of ether oxygens (including phenoxy) is 2. The van der Waals surface area contributed by atoms with Crippen molar-refractivity contribution in [3.8, 4) is 0 Å². The molecule has 5 bridgehead atoms. The molecule has 1 N–H and O–H groups in total. The fourth-order valence-electron chi connectivity index (χ4n) is 8.95. The lowest BCUT2D eigenvalue weighted by atomic mass is 9.74. The van der Waals surface area contributed by atoms with Gasteiger partial charge in [0.2, 0.25) is 17.7 Å². The van der Waals surface area contributed by atoms with E-state index in [4.69, 9.17) is 9.47 Å². The number of allylic oxidation sites excluding steroid dienone is 1. The Hall–Kier alpha value is -3.50. The highest BCUT2D eigenvalue weighted by Gasteiger charge is 2.74. The highest BCUT2D eigenvalue weighted by molar-refractivity contribution is 5.99. The predicted octanol–water partition coefficient (Wildman–Crippen LogP) is 5.07. The summed E-state index contributed by atoms with van der Waals surface area (Å²) in [7, 11) is 1.72. The summed E-state index contributed by atoms with van der Waals surface area (Å²) in [6.45, 7) is 16.3. The Balaban J connectivity index is 1.67. The van der Waals surface area contributed by atoms with Gasteiger partial charge in [0.1, 0.15) is 23.7 Å². The molecule has 1 aromatic carbocycles. The second-order valence-electron chi connectivity index (χ2n) is 16.9. The molecule has 2 saturated heterocycles. The Morgan fingerprint density at radius 1 is 1.00 bits per heavy atom. The molecule has 0 aromatic heterocycles. The number of aliphatic hydroxyl groups excluding tert-OH is 1. The van der Waals surface area contributed by atoms with Crippen molar-refractivity contribution < 1.29 is 33.8 Å². The Labute approximate surface area is 297 Å². The summed E-state index contributed by atoms with van der Waals surface area (Å²) < 4.78 is 13.0. The van der Waals surface area contributed by atoms with E-state index in [1.807, 2.05) is 82.0 Å². The number of rotatable bonds is 7. The van der Waals surface area contributed by atoms with Crippen molar-refractivity contribution in [2.75, 3.05) is 20.2 Å². The molecule has 3 amide bonds. The highest BCUT2D eigenvalue weighted by atomic mass is 16.6. The van der Waals surface area contributed by atoms with Gasteiger partial charge in [-0.2, -0.15) is 0 Å². The van der Waals surface area contributed by atoms with Crippen LogP contribution in [0.15, 0.2) is 54.6 Å². The smallest absolute Gasteiger partial charge is 0.313 e. The van der Waals surface area contributed by atoms with Crippen LogP contribution in [0.4, 0.5) is 0 Å². The molecule has 10 heteroatoms. The first-order valence-electron chi connectivity index (χ1n) is 18.2. The molecule has 8 atom stereocenters. The predicted molar refractivity (Wildman–Crippen MR) is 190 cm³/mol. The van der Waals surface area contributed by atoms with E-state index in [1.165, 1.54) is 4.90 Å². The van der Waals surface area contributed by atoms with Crippen molar-refractivity contribution in [3.05, 3.63) is 60.2 Å². The van der Waals surface area contributed by atoms with Gasteiger partial charge in [-0.3, -0.25) is 19.2 Å². The number of carbonyl (C=O) groups is 4. The summed E-state index contributed by atoms with van der Waals surface area (Å²) in [5.74, 6) is -3.32. The topological polar surface area (TPSA) is 117 Å². The van der Waals surface area contributed by atoms with Gasteiger partial charge in [0, 0.05) is 25.6 Å². The first-order valence-corrected chi connectivity index (χ1v) is 18.2. The first-order chi connectivity index (χ1) is 23.4. The number of benzene rings is 1. The molecule has 274 valence electrons. The van der Waals surface area contributed by atoms with E-state index >= 15 is 4.79 Å². The van der Waals surface area contributed by atoms with Gasteiger partial charge in [0.05, 0.1) is 30.7 Å². The van der Waals surface area contributed by atoms with Crippen molar-refractivity contribution in [2.24, 2.45) is 23.2 Å². The van der Waals surface area contributed by atoms with E-state index < -0.39 is 65.2 Å². The molecule has 4 aliphatic rings. The number of carbonyl (C=O) groups excluding carboxylic acids is 4. The third kappa shape index (κ3) is 7.02. The monoisotopic (exact) mass is 691 g/mol. The van der Waals surface area contributed by atoms with Gasteiger partial charge in [0.25, 0.3) is 0 Å². The molecule has 1 aromatic rings. The lowest BCUT2D eigenvalue weighted by molar-refractivity contribution is -0.164. The van der Waals surface area contributed by atoms with Crippen molar-refractivity contribution in [2.45, 2.75) is 123 Å². The average molecular weight is 692 g/mol. The van der Waals surface area contributed by atoms with E-state index in [1.54, 1.807) is 24.1 Å². The number of hydrogen-bond donors (Lipinski definition) is 1. The maximum absolute atomic E-state index is 15.3. The lowest BCUT2D eigenvalue weighted by Gasteiger charge is -2.46. The van der Waals surface area contributed by atoms with Crippen LogP contribution in [0, 0.1) is 23.2 Å². The molecule has 0 saturated carbocycles. The summed E-state index contributed by atoms with van der Waals surface area (Å²) >= 11 is 0. The van der Waals surface area contributed by atoms with Crippen LogP contribution in [0.25, 0.3) is 0 Å². The Bertz CT molecular complexity index is 1500. The second-order valence-corrected chi connectivity index (χ2v) is 16.9. The fourth-order valence-corrected chi connectivity index (χ4v) is 8.95. The van der Waals surface area contributed by atoms with Crippen molar-refractivity contribution >= 4 is 23.7 Å². The zero-order valence-corrected chi connectivity index (χ0v) is 31.3. The first kappa shape index (κ1) is 37.7. The molecular formula is C40H57N3O7. The summed E-state index contributed by atoms with van der Waals surface area (Å²) in [6, 6.07) is 7.03. The Kier molecular flexibility index (Phi) is 10.8. The number of amides is 3. The molecular weight excluding hydrogens is 634 g/mol. The number of hydrogen-bond acceptors (Lipinski definition) is 7. The number of likely N-dealkylation sites (tertiary alicyclic amines) is 1. The molecule has 4 aliphatic heterocycles. The minimum Gasteiger partial charge on any atom is -0.455 e. The van der Waals surface area contributed by atoms with Gasteiger partial charge in [-0.1, -0.05) is 89.3 Å². The zero-order chi connectivity index (χ0) is 36.8. The average Bonchev–Trinajstić information content (AvgIpc) is 3.69. The largest absolute Gasteiger partial charge is 0.455 e. The molecule has 50 heavy (non-hydrogen) atoms. The maximum Gasteiger partial charge on any atom is 0.313 e. The van der Waals surface area contributed by atoms with E-state index in [9.17, 15) is 19.5 Å². The maximum atomic E-state index is 15.3. The minimum atomic E-state index is -1.42. The summed E-state index contributed by atoms with van der Waals surface area (Å²) in [4.78, 5) is 63.0.